The first-order valence-electron chi connectivity index (χ1n) is 5.46. The van der Waals surface area contributed by atoms with Crippen LogP contribution in [0.3, 0.4) is 0 Å². The van der Waals surface area contributed by atoms with Crippen LogP contribution in [0.4, 0.5) is 0 Å². The Hall–Kier alpha value is -0.950. The summed E-state index contributed by atoms with van der Waals surface area (Å²) in [6, 6.07) is 10.6. The van der Waals surface area contributed by atoms with Crippen LogP contribution >= 0.6 is 11.8 Å². The lowest BCUT2D eigenvalue weighted by Crippen LogP contribution is -1.84. The van der Waals surface area contributed by atoms with Gasteiger partial charge in [0.15, 0.2) is 0 Å². The molecule has 0 unspecified atom stereocenters. The smallest absolute Gasteiger partial charge is 0.0122 e. The van der Waals surface area contributed by atoms with Gasteiger partial charge in [0.25, 0.3) is 0 Å². The highest BCUT2D eigenvalue weighted by molar-refractivity contribution is 8.03. The molecule has 1 aromatic rings. The van der Waals surface area contributed by atoms with E-state index >= 15 is 0 Å². The van der Waals surface area contributed by atoms with Crippen molar-refractivity contribution in [2.24, 2.45) is 5.92 Å². The van der Waals surface area contributed by atoms with Crippen molar-refractivity contribution >= 4 is 11.8 Å². The number of hydrogen-bond acceptors (Lipinski definition) is 1. The average Bonchev–Trinajstić information content (AvgIpc) is 2.46. The molecule has 0 fully saturated rings. The van der Waals surface area contributed by atoms with Crippen molar-refractivity contribution in [1.29, 1.82) is 0 Å². The van der Waals surface area contributed by atoms with Gasteiger partial charge in [0.1, 0.15) is 0 Å². The van der Waals surface area contributed by atoms with Crippen molar-refractivity contribution in [1.82, 2.24) is 0 Å². The van der Waals surface area contributed by atoms with Gasteiger partial charge in [-0.15, -0.1) is 0 Å². The number of allylic oxidation sites excluding steroid dienone is 3. The van der Waals surface area contributed by atoms with Crippen LogP contribution in [0.2, 0.25) is 0 Å². The molecule has 15 heavy (non-hydrogen) atoms. The van der Waals surface area contributed by atoms with Crippen LogP contribution in [0.5, 0.6) is 0 Å². The van der Waals surface area contributed by atoms with Gasteiger partial charge in [-0.3, -0.25) is 0 Å². The molecule has 0 N–H and O–H groups in total. The van der Waals surface area contributed by atoms with Crippen LogP contribution in [-0.2, 0) is 0 Å². The van der Waals surface area contributed by atoms with Crippen LogP contribution < -0.4 is 0 Å². The Labute approximate surface area is 96.1 Å². The molecule has 0 amide bonds. The lowest BCUT2D eigenvalue weighted by molar-refractivity contribution is 0.662. The molecule has 1 atom stereocenters. The molecule has 78 valence electrons. The van der Waals surface area contributed by atoms with Gasteiger partial charge in [-0.2, -0.15) is 0 Å². The molecular weight excluding hydrogens is 200 g/mol. The second kappa shape index (κ2) is 5.22. The SMILES string of the molecule is C[C@H]1C=CC(Sc2ccccc2)=CCC1. The van der Waals surface area contributed by atoms with Crippen LogP contribution in [0.25, 0.3) is 0 Å². The van der Waals surface area contributed by atoms with Crippen molar-refractivity contribution < 1.29 is 0 Å². The summed E-state index contributed by atoms with van der Waals surface area (Å²) in [5, 5.41) is 0. The van der Waals surface area contributed by atoms with Gasteiger partial charge in [-0.05, 0) is 30.9 Å². The molecule has 0 bridgehead atoms. The normalized spacial score (nSPS) is 20.9. The zero-order valence-electron chi connectivity index (χ0n) is 9.02. The first-order valence-corrected chi connectivity index (χ1v) is 6.27. The van der Waals surface area contributed by atoms with E-state index < -0.39 is 0 Å². The summed E-state index contributed by atoms with van der Waals surface area (Å²) in [6.07, 6.45) is 9.39. The molecule has 1 aromatic carbocycles. The Morgan fingerprint density at radius 3 is 2.80 bits per heavy atom. The summed E-state index contributed by atoms with van der Waals surface area (Å²) < 4.78 is 0. The zero-order valence-corrected chi connectivity index (χ0v) is 9.84. The topological polar surface area (TPSA) is 0 Å². The summed E-state index contributed by atoms with van der Waals surface area (Å²) in [5.74, 6) is 0.718. The Morgan fingerprint density at radius 1 is 1.20 bits per heavy atom. The molecule has 0 radical (unpaired) electrons. The van der Waals surface area contributed by atoms with Crippen molar-refractivity contribution in [2.75, 3.05) is 0 Å². The van der Waals surface area contributed by atoms with E-state index in [0.29, 0.717) is 0 Å². The third-order valence-corrected chi connectivity index (χ3v) is 3.58. The second-order valence-corrected chi connectivity index (χ2v) is 5.08. The minimum Gasteiger partial charge on any atom is -0.0905 e. The highest BCUT2D eigenvalue weighted by Crippen LogP contribution is 2.30. The monoisotopic (exact) mass is 216 g/mol. The number of rotatable bonds is 2. The third kappa shape index (κ3) is 3.28. The van der Waals surface area contributed by atoms with Crippen molar-refractivity contribution in [2.45, 2.75) is 24.7 Å². The predicted octanol–water partition coefficient (Wildman–Crippen LogP) is 4.65. The minimum atomic E-state index is 0.718. The summed E-state index contributed by atoms with van der Waals surface area (Å²) >= 11 is 1.85. The number of thioether (sulfide) groups is 1. The average molecular weight is 216 g/mol. The first-order chi connectivity index (χ1) is 7.34. The summed E-state index contributed by atoms with van der Waals surface area (Å²) in [7, 11) is 0. The zero-order chi connectivity index (χ0) is 10.5. The molecule has 0 saturated heterocycles. The van der Waals surface area contributed by atoms with E-state index in [2.05, 4.69) is 55.5 Å². The fraction of sp³-hybridized carbons (Fsp3) is 0.286. The van der Waals surface area contributed by atoms with E-state index in [-0.39, 0.29) is 0 Å². The van der Waals surface area contributed by atoms with Crippen molar-refractivity contribution in [3.63, 3.8) is 0 Å². The van der Waals surface area contributed by atoms with E-state index in [9.17, 15) is 0 Å². The van der Waals surface area contributed by atoms with Crippen LogP contribution in [0, 0.1) is 5.92 Å². The molecule has 0 nitrogen and oxygen atoms in total. The highest BCUT2D eigenvalue weighted by atomic mass is 32.2. The van der Waals surface area contributed by atoms with Crippen molar-refractivity contribution in [3.8, 4) is 0 Å². The molecule has 1 aliphatic rings. The first kappa shape index (κ1) is 10.6. The third-order valence-electron chi connectivity index (χ3n) is 2.54. The van der Waals surface area contributed by atoms with Gasteiger partial charge < -0.3 is 0 Å². The lowest BCUT2D eigenvalue weighted by atomic mass is 10.1. The van der Waals surface area contributed by atoms with Gasteiger partial charge in [0, 0.05) is 9.80 Å². The van der Waals surface area contributed by atoms with E-state index in [1.807, 2.05) is 11.8 Å². The second-order valence-electron chi connectivity index (χ2n) is 3.94. The predicted molar refractivity (Wildman–Crippen MR) is 67.9 cm³/mol. The Bertz CT molecular complexity index is 362. The van der Waals surface area contributed by atoms with Crippen LogP contribution in [0.15, 0.2) is 58.4 Å². The van der Waals surface area contributed by atoms with E-state index in [1.54, 1.807) is 0 Å². The van der Waals surface area contributed by atoms with Crippen molar-refractivity contribution in [3.05, 3.63) is 53.5 Å². The largest absolute Gasteiger partial charge is 0.0905 e. The van der Waals surface area contributed by atoms with Gasteiger partial charge in [-0.25, -0.2) is 0 Å². The molecular formula is C14H16S. The van der Waals surface area contributed by atoms with E-state index in [0.717, 1.165) is 5.92 Å². The molecule has 1 aliphatic carbocycles. The maximum atomic E-state index is 2.34. The lowest BCUT2D eigenvalue weighted by Gasteiger charge is -2.00. The van der Waals surface area contributed by atoms with Gasteiger partial charge in [-0.1, -0.05) is 55.1 Å². The minimum absolute atomic E-state index is 0.718. The molecule has 0 saturated carbocycles. The molecule has 1 heteroatoms. The summed E-state index contributed by atoms with van der Waals surface area (Å²) in [5.41, 5.74) is 0. The number of hydrogen-bond donors (Lipinski definition) is 0. The van der Waals surface area contributed by atoms with E-state index in [1.165, 1.54) is 22.6 Å². The van der Waals surface area contributed by atoms with Gasteiger partial charge in [0.05, 0.1) is 0 Å². The van der Waals surface area contributed by atoms with Crippen LogP contribution in [0.1, 0.15) is 19.8 Å². The molecule has 0 aliphatic heterocycles. The fourth-order valence-electron chi connectivity index (χ4n) is 1.61. The molecule has 0 heterocycles. The standard InChI is InChI=1S/C14H16S/c1-12-6-5-9-14(11-10-12)15-13-7-3-2-4-8-13/h2-4,7-12H,5-6H2,1H3/t12-/m1/s1. The molecule has 0 aromatic heterocycles. The fourth-order valence-corrected chi connectivity index (χ4v) is 2.53. The Morgan fingerprint density at radius 2 is 2.00 bits per heavy atom. The summed E-state index contributed by atoms with van der Waals surface area (Å²) in [4.78, 5) is 2.70. The van der Waals surface area contributed by atoms with E-state index in [4.69, 9.17) is 0 Å². The highest BCUT2D eigenvalue weighted by Gasteiger charge is 2.03. The Kier molecular flexibility index (Phi) is 3.68. The summed E-state index contributed by atoms with van der Waals surface area (Å²) in [6.45, 7) is 2.28. The quantitative estimate of drug-likeness (QED) is 0.693. The molecule has 2 rings (SSSR count). The van der Waals surface area contributed by atoms with Gasteiger partial charge in [0.2, 0.25) is 0 Å². The molecule has 0 spiro atoms. The number of benzene rings is 1. The van der Waals surface area contributed by atoms with Gasteiger partial charge >= 0.3 is 0 Å². The maximum Gasteiger partial charge on any atom is 0.0122 e. The maximum absolute atomic E-state index is 2.34. The van der Waals surface area contributed by atoms with Crippen LogP contribution in [-0.4, -0.2) is 0 Å². The Balaban J connectivity index is 2.06.